The molecule has 4 atom stereocenters. The zero-order valence-electron chi connectivity index (χ0n) is 16.8. The van der Waals surface area contributed by atoms with E-state index in [4.69, 9.17) is 21.1 Å². The van der Waals surface area contributed by atoms with Crippen molar-refractivity contribution in [3.63, 3.8) is 0 Å². The van der Waals surface area contributed by atoms with Crippen LogP contribution in [0.15, 0.2) is 5.10 Å². The van der Waals surface area contributed by atoms with Gasteiger partial charge in [-0.05, 0) is 56.9 Å². The number of carbonyl (C=O) groups is 2. The van der Waals surface area contributed by atoms with E-state index in [0.29, 0.717) is 25.5 Å². The van der Waals surface area contributed by atoms with E-state index in [0.717, 1.165) is 19.3 Å². The Morgan fingerprint density at radius 1 is 1.24 bits per heavy atom. The van der Waals surface area contributed by atoms with Crippen molar-refractivity contribution in [1.29, 1.82) is 0 Å². The van der Waals surface area contributed by atoms with Gasteiger partial charge < -0.3 is 30.7 Å². The van der Waals surface area contributed by atoms with Crippen molar-refractivity contribution in [1.82, 2.24) is 10.9 Å². The van der Waals surface area contributed by atoms with Crippen LogP contribution in [0, 0.1) is 17.8 Å². The average Bonchev–Trinajstić information content (AvgIpc) is 2.67. The summed E-state index contributed by atoms with van der Waals surface area (Å²) in [6.07, 6.45) is 3.22. The van der Waals surface area contributed by atoms with Crippen molar-refractivity contribution >= 4 is 17.8 Å². The fourth-order valence-electron chi connectivity index (χ4n) is 4.26. The third kappa shape index (κ3) is 6.81. The Hall–Kier alpha value is -1.95. The molecule has 0 aromatic heterocycles. The molecule has 0 spiro atoms. The lowest BCUT2D eigenvalue weighted by Gasteiger charge is -2.43. The van der Waals surface area contributed by atoms with E-state index in [2.05, 4.69) is 10.4 Å². The summed E-state index contributed by atoms with van der Waals surface area (Å²) in [6.45, 7) is 2.72. The number of carbonyl (C=O) groups excluding carboxylic acids is 2. The van der Waals surface area contributed by atoms with Crippen LogP contribution in [0.25, 0.3) is 0 Å². The summed E-state index contributed by atoms with van der Waals surface area (Å²) in [4.78, 5) is 23.6. The van der Waals surface area contributed by atoms with Gasteiger partial charge in [-0.2, -0.15) is 0 Å². The number of nitrogens with zero attached hydrogens (tertiary/aromatic N) is 1. The molecule has 11 nitrogen and oxygen atoms in total. The number of aliphatic hydroxyl groups is 2. The first kappa shape index (κ1) is 23.3. The molecule has 1 aliphatic carbocycles. The second-order valence-electron chi connectivity index (χ2n) is 7.77. The first-order valence-electron chi connectivity index (χ1n) is 10.1. The Labute approximate surface area is 170 Å². The fraction of sp³-hybridized carbons (Fsp3) is 0.833. The highest BCUT2D eigenvalue weighted by Gasteiger charge is 2.41. The summed E-state index contributed by atoms with van der Waals surface area (Å²) in [5, 5.41) is 27.0. The maximum atomic E-state index is 12.3. The van der Waals surface area contributed by atoms with Crippen LogP contribution in [0.1, 0.15) is 45.4 Å². The quantitative estimate of drug-likeness (QED) is 0.0660. The van der Waals surface area contributed by atoms with Gasteiger partial charge in [-0.1, -0.05) is 0 Å². The monoisotopic (exact) mass is 415 g/mol. The van der Waals surface area contributed by atoms with Crippen LogP contribution in [0.2, 0.25) is 0 Å². The predicted octanol–water partition coefficient (Wildman–Crippen LogP) is -1.32. The standard InChI is InChI=1S/C18H33N5O6/c1-2-28-15(24)5-6-29-16(25)14-8-13-7-11(3-4-12(13)10-21-14)9-18(26,27)17(19)22-23-20/h11-14,21,23,26-27H,2-10,20H2,1H3,(H2,19,22). The van der Waals surface area contributed by atoms with Crippen LogP contribution in [0.4, 0.5) is 0 Å². The first-order valence-corrected chi connectivity index (χ1v) is 10.1. The minimum absolute atomic E-state index is 0.00208. The van der Waals surface area contributed by atoms with Crippen molar-refractivity contribution in [3.8, 4) is 0 Å². The van der Waals surface area contributed by atoms with Crippen molar-refractivity contribution in [2.24, 2.45) is 34.4 Å². The van der Waals surface area contributed by atoms with Gasteiger partial charge in [0.25, 0.3) is 0 Å². The van der Waals surface area contributed by atoms with E-state index in [1.165, 1.54) is 0 Å². The lowest BCUT2D eigenvalue weighted by atomic mass is 9.68. The molecule has 166 valence electrons. The van der Waals surface area contributed by atoms with Crippen LogP contribution in [0.3, 0.4) is 0 Å². The van der Waals surface area contributed by atoms with Crippen LogP contribution in [-0.2, 0) is 19.1 Å². The lowest BCUT2D eigenvalue weighted by molar-refractivity contribution is -0.152. The number of hydrazone groups is 1. The summed E-state index contributed by atoms with van der Waals surface area (Å²) in [7, 11) is 0. The molecule has 0 bridgehead atoms. The molecule has 2 rings (SSSR count). The Morgan fingerprint density at radius 2 is 2.00 bits per heavy atom. The van der Waals surface area contributed by atoms with Crippen molar-refractivity contribution in [2.45, 2.75) is 57.3 Å². The summed E-state index contributed by atoms with van der Waals surface area (Å²) in [5.41, 5.74) is 7.52. The third-order valence-electron chi connectivity index (χ3n) is 5.72. The molecular weight excluding hydrogens is 382 g/mol. The molecule has 1 heterocycles. The summed E-state index contributed by atoms with van der Waals surface area (Å²) in [5.74, 6) is 2.39. The zero-order valence-corrected chi connectivity index (χ0v) is 16.8. The van der Waals surface area contributed by atoms with E-state index < -0.39 is 17.8 Å². The number of hydrazine groups is 1. The SMILES string of the molecule is CCOC(=O)CCOC(=O)C1CC2CC(CC(O)(O)/C(N)=N/NN)CCC2CN1. The van der Waals surface area contributed by atoms with E-state index in [1.807, 2.05) is 5.53 Å². The van der Waals surface area contributed by atoms with Gasteiger partial charge in [0.15, 0.2) is 5.84 Å². The van der Waals surface area contributed by atoms with Gasteiger partial charge in [0.1, 0.15) is 12.6 Å². The zero-order chi connectivity index (χ0) is 21.4. The molecule has 2 fully saturated rings. The van der Waals surface area contributed by atoms with Crippen molar-refractivity contribution in [3.05, 3.63) is 0 Å². The predicted molar refractivity (Wildman–Crippen MR) is 104 cm³/mol. The Bertz CT molecular complexity index is 599. The minimum atomic E-state index is -2.23. The van der Waals surface area contributed by atoms with Gasteiger partial charge in [-0.3, -0.25) is 9.59 Å². The van der Waals surface area contributed by atoms with Crippen LogP contribution in [-0.4, -0.2) is 59.6 Å². The highest BCUT2D eigenvalue weighted by Crippen LogP contribution is 2.41. The molecule has 8 N–H and O–H groups in total. The molecule has 0 radical (unpaired) electrons. The van der Waals surface area contributed by atoms with Crippen LogP contribution in [0.5, 0.6) is 0 Å². The van der Waals surface area contributed by atoms with E-state index in [1.54, 1.807) is 6.92 Å². The Morgan fingerprint density at radius 3 is 2.69 bits per heavy atom. The average molecular weight is 415 g/mol. The molecule has 0 aromatic rings. The number of nitrogens with one attached hydrogen (secondary N) is 2. The van der Waals surface area contributed by atoms with Gasteiger partial charge in [-0.15, -0.1) is 5.10 Å². The van der Waals surface area contributed by atoms with Gasteiger partial charge >= 0.3 is 11.9 Å². The largest absolute Gasteiger partial charge is 0.466 e. The Kier molecular flexibility index (Phi) is 8.62. The fourth-order valence-corrected chi connectivity index (χ4v) is 4.26. The number of nitrogens with two attached hydrogens (primary N) is 2. The normalized spacial score (nSPS) is 27.7. The maximum Gasteiger partial charge on any atom is 0.323 e. The summed E-state index contributed by atoms with van der Waals surface area (Å²) < 4.78 is 10.0. The number of esters is 2. The third-order valence-corrected chi connectivity index (χ3v) is 5.72. The Balaban J connectivity index is 1.83. The van der Waals surface area contributed by atoms with E-state index >= 15 is 0 Å². The van der Waals surface area contributed by atoms with Gasteiger partial charge in [-0.25, -0.2) is 11.4 Å². The minimum Gasteiger partial charge on any atom is -0.466 e. The van der Waals surface area contributed by atoms with Crippen LogP contribution < -0.4 is 22.4 Å². The topological polar surface area (TPSA) is 182 Å². The smallest absolute Gasteiger partial charge is 0.323 e. The van der Waals surface area contributed by atoms with Gasteiger partial charge in [0.2, 0.25) is 5.79 Å². The molecule has 4 unspecified atom stereocenters. The number of rotatable bonds is 9. The molecule has 11 heteroatoms. The van der Waals surface area contributed by atoms with E-state index in [9.17, 15) is 19.8 Å². The number of hydrogen-bond acceptors (Lipinski definition) is 10. The number of ether oxygens (including phenoxy) is 2. The number of piperidine rings is 1. The molecule has 1 aliphatic heterocycles. The molecular formula is C18H33N5O6. The van der Waals surface area contributed by atoms with Gasteiger partial charge in [0, 0.05) is 6.42 Å². The second-order valence-corrected chi connectivity index (χ2v) is 7.77. The molecule has 1 saturated carbocycles. The lowest BCUT2D eigenvalue weighted by Crippen LogP contribution is -2.51. The van der Waals surface area contributed by atoms with Gasteiger partial charge in [0.05, 0.1) is 13.0 Å². The highest BCUT2D eigenvalue weighted by molar-refractivity contribution is 5.86. The number of fused-ring (bicyclic) bond motifs is 1. The van der Waals surface area contributed by atoms with Crippen LogP contribution >= 0.6 is 0 Å². The number of hydrogen-bond donors (Lipinski definition) is 6. The van der Waals surface area contributed by atoms with Crippen molar-refractivity contribution < 1.29 is 29.3 Å². The van der Waals surface area contributed by atoms with Crippen molar-refractivity contribution in [2.75, 3.05) is 19.8 Å². The molecule has 0 aromatic carbocycles. The highest BCUT2D eigenvalue weighted by atomic mass is 16.5. The first-order chi connectivity index (χ1) is 13.8. The number of amidine groups is 1. The molecule has 29 heavy (non-hydrogen) atoms. The molecule has 2 aliphatic rings. The van der Waals surface area contributed by atoms with E-state index in [-0.39, 0.29) is 43.1 Å². The molecule has 1 saturated heterocycles. The second kappa shape index (κ2) is 10.7. The molecule has 0 amide bonds. The summed E-state index contributed by atoms with van der Waals surface area (Å²) >= 11 is 0. The maximum absolute atomic E-state index is 12.3. The summed E-state index contributed by atoms with van der Waals surface area (Å²) in [6, 6.07) is -0.432.